The van der Waals surface area contributed by atoms with E-state index >= 15 is 0 Å². The lowest BCUT2D eigenvalue weighted by Gasteiger charge is -2.04. The van der Waals surface area contributed by atoms with E-state index in [9.17, 15) is 19.7 Å². The fraction of sp³-hybridized carbons (Fsp3) is 0.125. The van der Waals surface area contributed by atoms with Crippen molar-refractivity contribution < 1.29 is 19.0 Å². The minimum absolute atomic E-state index is 0.0650. The molecule has 11 heteroatoms. The molecule has 0 aliphatic rings. The molecule has 138 valence electrons. The molecule has 0 spiro atoms. The number of aromatic nitrogens is 2. The first-order valence-corrected chi connectivity index (χ1v) is 8.61. The molecule has 2 N–H and O–H groups in total. The van der Waals surface area contributed by atoms with Gasteiger partial charge in [-0.3, -0.25) is 19.7 Å². The van der Waals surface area contributed by atoms with Gasteiger partial charge < -0.3 is 15.2 Å². The number of nitrogens with zero attached hydrogens (tertiary/aromatic N) is 3. The highest BCUT2D eigenvalue weighted by Gasteiger charge is 2.16. The van der Waals surface area contributed by atoms with Gasteiger partial charge in [0.05, 0.1) is 9.80 Å². The highest BCUT2D eigenvalue weighted by atomic mass is 32.1. The minimum atomic E-state index is -0.582. The first-order valence-electron chi connectivity index (χ1n) is 7.73. The van der Waals surface area contributed by atoms with E-state index < -0.39 is 10.8 Å². The number of nitro benzene ring substituents is 1. The molecule has 2 aromatic heterocycles. The van der Waals surface area contributed by atoms with Crippen molar-refractivity contribution in [1.29, 1.82) is 0 Å². The largest absolute Gasteiger partial charge is 0.350 e. The van der Waals surface area contributed by atoms with Gasteiger partial charge in [0.2, 0.25) is 5.82 Å². The summed E-state index contributed by atoms with van der Waals surface area (Å²) in [6.45, 7) is 0.428. The summed E-state index contributed by atoms with van der Waals surface area (Å²) in [5.74, 6) is -0.896. The molecule has 0 saturated carbocycles. The van der Waals surface area contributed by atoms with Gasteiger partial charge in [-0.15, -0.1) is 11.3 Å². The van der Waals surface area contributed by atoms with Gasteiger partial charge in [0, 0.05) is 30.8 Å². The second-order valence-electron chi connectivity index (χ2n) is 5.22. The SMILES string of the molecule is O=C(NCCNC(=O)c1cccs1)c1nc(-c2ccc([N+](=O)[O-])cc2)no1. The summed E-state index contributed by atoms with van der Waals surface area (Å²) in [7, 11) is 0. The number of carbonyl (C=O) groups is 2. The number of rotatable bonds is 7. The Balaban J connectivity index is 1.51. The molecule has 27 heavy (non-hydrogen) atoms. The summed E-state index contributed by atoms with van der Waals surface area (Å²) in [6.07, 6.45) is 0. The standard InChI is InChI=1S/C16H13N5O5S/c22-14(12-2-1-9-27-12)17-7-8-18-15(23)16-19-13(20-26-16)10-3-5-11(6-4-10)21(24)25/h1-6,9H,7-8H2,(H,17,22)(H,18,23). The number of benzene rings is 1. The smallest absolute Gasteiger partial charge is 0.316 e. The molecule has 0 radical (unpaired) electrons. The van der Waals surface area contributed by atoms with Gasteiger partial charge >= 0.3 is 11.8 Å². The molecule has 3 rings (SSSR count). The third-order valence-electron chi connectivity index (χ3n) is 3.40. The molecule has 0 aliphatic heterocycles. The summed E-state index contributed by atoms with van der Waals surface area (Å²) >= 11 is 1.33. The van der Waals surface area contributed by atoms with Gasteiger partial charge in [-0.2, -0.15) is 4.98 Å². The maximum absolute atomic E-state index is 12.0. The Labute approximate surface area is 156 Å². The second-order valence-corrected chi connectivity index (χ2v) is 6.16. The fourth-order valence-corrected chi connectivity index (χ4v) is 2.73. The van der Waals surface area contributed by atoms with Crippen LogP contribution in [0.25, 0.3) is 11.4 Å². The molecule has 0 saturated heterocycles. The third-order valence-corrected chi connectivity index (χ3v) is 4.27. The van der Waals surface area contributed by atoms with Crippen molar-refractivity contribution in [3.63, 3.8) is 0 Å². The number of non-ortho nitro benzene ring substituents is 1. The summed E-state index contributed by atoms with van der Waals surface area (Å²) in [6, 6.07) is 9.02. The van der Waals surface area contributed by atoms with Gasteiger partial charge in [-0.1, -0.05) is 11.2 Å². The average molecular weight is 387 g/mol. The Bertz CT molecular complexity index is 952. The molecular weight excluding hydrogens is 374 g/mol. The van der Waals surface area contributed by atoms with E-state index in [4.69, 9.17) is 4.52 Å². The Morgan fingerprint density at radius 2 is 1.81 bits per heavy atom. The van der Waals surface area contributed by atoms with Crippen molar-refractivity contribution >= 4 is 28.8 Å². The highest BCUT2D eigenvalue weighted by Crippen LogP contribution is 2.19. The van der Waals surface area contributed by atoms with Gasteiger partial charge in [-0.05, 0) is 23.6 Å². The molecule has 2 heterocycles. The van der Waals surface area contributed by atoms with E-state index in [1.807, 2.05) is 0 Å². The van der Waals surface area contributed by atoms with Crippen LogP contribution in [0.1, 0.15) is 20.4 Å². The fourth-order valence-electron chi connectivity index (χ4n) is 2.09. The zero-order valence-electron chi connectivity index (χ0n) is 13.7. The Morgan fingerprint density at radius 3 is 2.44 bits per heavy atom. The number of hydrogen-bond acceptors (Lipinski definition) is 8. The maximum Gasteiger partial charge on any atom is 0.316 e. The molecule has 0 atom stereocenters. The molecular formula is C16H13N5O5S. The number of thiophene rings is 1. The highest BCUT2D eigenvalue weighted by molar-refractivity contribution is 7.12. The summed E-state index contributed by atoms with van der Waals surface area (Å²) in [5, 5.41) is 21.4. The van der Waals surface area contributed by atoms with Crippen molar-refractivity contribution in [2.45, 2.75) is 0 Å². The zero-order chi connectivity index (χ0) is 19.2. The maximum atomic E-state index is 12.0. The lowest BCUT2D eigenvalue weighted by Crippen LogP contribution is -2.34. The van der Waals surface area contributed by atoms with Crippen LogP contribution >= 0.6 is 11.3 Å². The number of carbonyl (C=O) groups excluding carboxylic acids is 2. The molecule has 10 nitrogen and oxygen atoms in total. The minimum Gasteiger partial charge on any atom is -0.350 e. The summed E-state index contributed by atoms with van der Waals surface area (Å²) < 4.78 is 4.90. The number of nitro groups is 1. The van der Waals surface area contributed by atoms with Crippen LogP contribution in [0.15, 0.2) is 46.3 Å². The van der Waals surface area contributed by atoms with Crippen molar-refractivity contribution in [3.8, 4) is 11.4 Å². The molecule has 0 unspecified atom stereocenters. The predicted molar refractivity (Wildman–Crippen MR) is 95.4 cm³/mol. The van der Waals surface area contributed by atoms with Gasteiger partial charge in [0.15, 0.2) is 0 Å². The lowest BCUT2D eigenvalue weighted by atomic mass is 10.2. The summed E-state index contributed by atoms with van der Waals surface area (Å²) in [5.41, 5.74) is 0.413. The van der Waals surface area contributed by atoms with Crippen LogP contribution in [0.2, 0.25) is 0 Å². The number of hydrogen-bond donors (Lipinski definition) is 2. The Hall–Kier alpha value is -3.60. The topological polar surface area (TPSA) is 140 Å². The summed E-state index contributed by atoms with van der Waals surface area (Å²) in [4.78, 5) is 38.4. The average Bonchev–Trinajstić information content (AvgIpc) is 3.37. The van der Waals surface area contributed by atoms with E-state index in [0.29, 0.717) is 10.4 Å². The molecule has 0 fully saturated rings. The van der Waals surface area contributed by atoms with Crippen LogP contribution in [0.4, 0.5) is 5.69 Å². The van der Waals surface area contributed by atoms with Gasteiger partial charge in [-0.25, -0.2) is 0 Å². The molecule has 0 aliphatic carbocycles. The van der Waals surface area contributed by atoms with Crippen molar-refractivity contribution in [1.82, 2.24) is 20.8 Å². The zero-order valence-corrected chi connectivity index (χ0v) is 14.6. The third kappa shape index (κ3) is 4.52. The van der Waals surface area contributed by atoms with Crippen LogP contribution in [0.3, 0.4) is 0 Å². The van der Waals surface area contributed by atoms with E-state index in [1.54, 1.807) is 17.5 Å². The molecule has 0 bridgehead atoms. The van der Waals surface area contributed by atoms with Crippen molar-refractivity contribution in [2.75, 3.05) is 13.1 Å². The second kappa shape index (κ2) is 8.19. The van der Waals surface area contributed by atoms with E-state index in [-0.39, 0.29) is 36.4 Å². The van der Waals surface area contributed by atoms with Crippen LogP contribution < -0.4 is 10.6 Å². The van der Waals surface area contributed by atoms with E-state index in [2.05, 4.69) is 20.8 Å². The predicted octanol–water partition coefficient (Wildman–Crippen LogP) is 1.87. The molecule has 1 aromatic carbocycles. The van der Waals surface area contributed by atoms with Crippen molar-refractivity contribution in [2.24, 2.45) is 0 Å². The van der Waals surface area contributed by atoms with E-state index in [1.165, 1.54) is 35.6 Å². The van der Waals surface area contributed by atoms with Crippen LogP contribution in [0, 0.1) is 10.1 Å². The Kier molecular flexibility index (Phi) is 5.52. The van der Waals surface area contributed by atoms with Crippen LogP contribution in [0.5, 0.6) is 0 Å². The van der Waals surface area contributed by atoms with E-state index in [0.717, 1.165) is 0 Å². The number of amides is 2. The molecule has 2 amide bonds. The quantitative estimate of drug-likeness (QED) is 0.358. The van der Waals surface area contributed by atoms with Gasteiger partial charge in [0.25, 0.3) is 11.6 Å². The van der Waals surface area contributed by atoms with Crippen molar-refractivity contribution in [3.05, 3.63) is 62.7 Å². The number of nitrogens with one attached hydrogen (secondary N) is 2. The monoisotopic (exact) mass is 387 g/mol. The first kappa shape index (κ1) is 18.2. The lowest BCUT2D eigenvalue weighted by molar-refractivity contribution is -0.384. The van der Waals surface area contributed by atoms with Crippen LogP contribution in [-0.2, 0) is 0 Å². The van der Waals surface area contributed by atoms with Gasteiger partial charge in [0.1, 0.15) is 0 Å². The molecule has 3 aromatic rings. The normalized spacial score (nSPS) is 10.4. The Morgan fingerprint density at radius 1 is 1.11 bits per heavy atom. The first-order chi connectivity index (χ1) is 13.0. The van der Waals surface area contributed by atoms with Crippen LogP contribution in [-0.4, -0.2) is 40.0 Å².